The van der Waals surface area contributed by atoms with Crippen molar-refractivity contribution in [2.75, 3.05) is 42.2 Å². The van der Waals surface area contributed by atoms with Gasteiger partial charge in [-0.2, -0.15) is 52.7 Å². The Bertz CT molecular complexity index is 1010. The summed E-state index contributed by atoms with van der Waals surface area (Å²) in [7, 11) is -9.72. The summed E-state index contributed by atoms with van der Waals surface area (Å²) < 4.78 is 211. The molecule has 2 atom stereocenters. The lowest BCUT2D eigenvalue weighted by molar-refractivity contribution is -0.381. The Kier molecular flexibility index (Phi) is 16.4. The van der Waals surface area contributed by atoms with Crippen LogP contribution in [-0.2, 0) is 44.6 Å². The zero-order valence-corrected chi connectivity index (χ0v) is 30.8. The lowest BCUT2D eigenvalue weighted by atomic mass is 9.96. The van der Waals surface area contributed by atoms with Crippen molar-refractivity contribution in [2.45, 2.75) is 100 Å². The summed E-state index contributed by atoms with van der Waals surface area (Å²) in [4.78, 5) is 12.0. The number of alkyl halides is 12. The smallest absolute Gasteiger partial charge is 0.458 e. The number of carbonyl (C=O) groups excluding carboxylic acids is 1. The van der Waals surface area contributed by atoms with Gasteiger partial charge in [-0.3, -0.25) is 0 Å². The molecule has 0 amide bonds. The first-order valence-electron chi connectivity index (χ1n) is 13.7. The van der Waals surface area contributed by atoms with Crippen molar-refractivity contribution in [1.82, 2.24) is 0 Å². The number of ether oxygens (including phenoxy) is 2. The minimum atomic E-state index is -6.25. The van der Waals surface area contributed by atoms with E-state index >= 15 is 0 Å². The summed E-state index contributed by atoms with van der Waals surface area (Å²) in [5.41, 5.74) is -11.6. The Balaban J connectivity index is 6.89. The van der Waals surface area contributed by atoms with Crippen molar-refractivity contribution in [3.63, 3.8) is 0 Å². The predicted molar refractivity (Wildman–Crippen MR) is 148 cm³/mol. The van der Waals surface area contributed by atoms with Gasteiger partial charge in [0.25, 0.3) is 11.2 Å². The highest BCUT2D eigenvalue weighted by Crippen LogP contribution is 2.50. The minimum Gasteiger partial charge on any atom is -0.458 e. The SMILES string of the molecule is CO[Si](C)(CCC(O)(C(F)(F)F)C(F)(F)F)O[Si](CCCC(OCC(=O)OC(C)(C)C)(C(F)(F)F)C(F)(F)F)(OC)O[Si](OC)(OC)OC. The molecule has 0 heterocycles. The van der Waals surface area contributed by atoms with Crippen LogP contribution in [0.5, 0.6) is 0 Å². The van der Waals surface area contributed by atoms with E-state index in [2.05, 4.69) is 4.74 Å². The maximum Gasteiger partial charge on any atom is 0.671 e. The fraction of sp³-hybridized carbons (Fsp3) is 0.957. The van der Waals surface area contributed by atoms with Crippen LogP contribution in [0.4, 0.5) is 52.7 Å². The number of rotatable bonds is 19. The highest BCUT2D eigenvalue weighted by Gasteiger charge is 2.73. The average Bonchev–Trinajstić information content (AvgIpc) is 2.92. The maximum atomic E-state index is 14.2. The van der Waals surface area contributed by atoms with Crippen molar-refractivity contribution < 1.29 is 102 Å². The van der Waals surface area contributed by atoms with Gasteiger partial charge in [0.15, 0.2) is 0 Å². The van der Waals surface area contributed by atoms with Gasteiger partial charge in [-0.05, 0) is 52.6 Å². The highest BCUT2D eigenvalue weighted by atomic mass is 28.5. The third kappa shape index (κ3) is 12.2. The van der Waals surface area contributed by atoms with E-state index in [1.54, 1.807) is 0 Å². The molecule has 11 nitrogen and oxygen atoms in total. The third-order valence-corrected chi connectivity index (χ3v) is 17.1. The average molecular weight is 805 g/mol. The topological polar surface area (TPSA) is 120 Å². The lowest BCUT2D eigenvalue weighted by Crippen LogP contribution is -2.64. The highest BCUT2D eigenvalue weighted by molar-refractivity contribution is 6.81. The van der Waals surface area contributed by atoms with E-state index in [4.69, 9.17) is 35.1 Å². The van der Waals surface area contributed by atoms with E-state index in [-0.39, 0.29) is 0 Å². The second-order valence-electron chi connectivity index (χ2n) is 11.4. The number of aliphatic hydroxyl groups is 1. The van der Waals surface area contributed by atoms with Crippen LogP contribution in [0.25, 0.3) is 0 Å². The molecule has 0 rings (SSSR count). The first-order valence-corrected chi connectivity index (χ1v) is 19.8. The van der Waals surface area contributed by atoms with E-state index in [0.717, 1.165) is 42.1 Å². The maximum absolute atomic E-state index is 14.2. The Morgan fingerprint density at radius 1 is 0.633 bits per heavy atom. The quantitative estimate of drug-likeness (QED) is 0.0949. The Hall–Kier alpha value is -1.08. The van der Waals surface area contributed by atoms with E-state index in [9.17, 15) is 62.6 Å². The van der Waals surface area contributed by atoms with Crippen LogP contribution in [0.3, 0.4) is 0 Å². The third-order valence-electron chi connectivity index (χ3n) is 6.81. The van der Waals surface area contributed by atoms with Crippen molar-refractivity contribution in [3.8, 4) is 0 Å². The van der Waals surface area contributed by atoms with Crippen molar-refractivity contribution >= 4 is 32.4 Å². The summed E-state index contributed by atoms with van der Waals surface area (Å²) in [5.74, 6) is -1.58. The van der Waals surface area contributed by atoms with Crippen LogP contribution in [0, 0.1) is 0 Å². The van der Waals surface area contributed by atoms with Gasteiger partial charge in [0.1, 0.15) is 12.2 Å². The normalized spacial score (nSPS) is 17.1. The molecular formula is C23H40F12O11Si3. The molecule has 0 radical (unpaired) electrons. The van der Waals surface area contributed by atoms with Gasteiger partial charge in [0.05, 0.1) is 0 Å². The molecule has 0 aromatic carbocycles. The van der Waals surface area contributed by atoms with E-state index in [1.807, 2.05) is 0 Å². The molecule has 0 aliphatic rings. The van der Waals surface area contributed by atoms with Gasteiger partial charge in [-0.15, -0.1) is 0 Å². The molecule has 49 heavy (non-hydrogen) atoms. The van der Waals surface area contributed by atoms with Crippen molar-refractivity contribution in [1.29, 1.82) is 0 Å². The first kappa shape index (κ1) is 47.9. The molecule has 0 spiro atoms. The summed E-state index contributed by atoms with van der Waals surface area (Å²) in [6, 6.07) is -2.41. The molecular weight excluding hydrogens is 764 g/mol. The largest absolute Gasteiger partial charge is 0.671 e. The molecule has 1 N–H and O–H groups in total. The molecule has 0 aliphatic heterocycles. The zero-order chi connectivity index (χ0) is 39.2. The standard InChI is InChI=1S/C23H40F12O11Si3/c1-17(2,3)44-16(36)15-43-19(22(30,31)32,23(33,34)35)11-10-13-48(39-5,46-49(40-6,41-7)42-8)45-47(9,38-4)14-12-18(37,20(24,25)26)21(27,28)29/h37H,10-15H2,1-9H3. The Morgan fingerprint density at radius 2 is 1.08 bits per heavy atom. The molecule has 0 aromatic rings. The van der Waals surface area contributed by atoms with Gasteiger partial charge < -0.3 is 44.9 Å². The van der Waals surface area contributed by atoms with Crippen molar-refractivity contribution in [3.05, 3.63) is 0 Å². The van der Waals surface area contributed by atoms with Crippen LogP contribution >= 0.6 is 0 Å². The summed E-state index contributed by atoms with van der Waals surface area (Å²) in [5, 5.41) is 9.63. The molecule has 2 unspecified atom stereocenters. The molecule has 0 aliphatic carbocycles. The molecule has 26 heteroatoms. The first-order chi connectivity index (χ1) is 21.7. The zero-order valence-electron chi connectivity index (χ0n) is 27.8. The molecule has 0 fully saturated rings. The Labute approximate surface area is 277 Å². The van der Waals surface area contributed by atoms with Gasteiger partial charge in [0, 0.05) is 41.6 Å². The van der Waals surface area contributed by atoms with Crippen LogP contribution < -0.4 is 0 Å². The fourth-order valence-electron chi connectivity index (χ4n) is 4.04. The summed E-state index contributed by atoms with van der Waals surface area (Å²) in [6.45, 7) is 2.93. The molecule has 0 saturated carbocycles. The lowest BCUT2D eigenvalue weighted by Gasteiger charge is -2.41. The Morgan fingerprint density at radius 3 is 1.41 bits per heavy atom. The van der Waals surface area contributed by atoms with Crippen LogP contribution in [0.2, 0.25) is 18.6 Å². The summed E-state index contributed by atoms with van der Waals surface area (Å²) in [6.07, 6.45) is -30.3. The summed E-state index contributed by atoms with van der Waals surface area (Å²) >= 11 is 0. The predicted octanol–water partition coefficient (Wildman–Crippen LogP) is 5.95. The molecule has 0 saturated heterocycles. The number of carbonyl (C=O) groups is 1. The molecule has 0 aromatic heterocycles. The van der Waals surface area contributed by atoms with E-state index in [0.29, 0.717) is 0 Å². The van der Waals surface area contributed by atoms with Crippen LogP contribution in [-0.4, -0.2) is 121 Å². The number of esters is 1. The van der Waals surface area contributed by atoms with Gasteiger partial charge >= 0.3 is 57.1 Å². The van der Waals surface area contributed by atoms with E-state index < -0.39 is 112 Å². The van der Waals surface area contributed by atoms with E-state index in [1.165, 1.54) is 20.8 Å². The minimum absolute atomic E-state index is 0.762. The van der Waals surface area contributed by atoms with Crippen LogP contribution in [0.1, 0.15) is 40.0 Å². The van der Waals surface area contributed by atoms with Gasteiger partial charge in [0.2, 0.25) is 0 Å². The van der Waals surface area contributed by atoms with Gasteiger partial charge in [-0.25, -0.2) is 4.79 Å². The number of hydrogen-bond acceptors (Lipinski definition) is 11. The molecule has 0 bridgehead atoms. The van der Waals surface area contributed by atoms with Crippen LogP contribution in [0.15, 0.2) is 0 Å². The van der Waals surface area contributed by atoms with Crippen molar-refractivity contribution in [2.24, 2.45) is 0 Å². The second kappa shape index (κ2) is 16.7. The monoisotopic (exact) mass is 804 g/mol. The fourth-order valence-corrected chi connectivity index (χ4v) is 14.3. The second-order valence-corrected chi connectivity index (χ2v) is 20.8. The van der Waals surface area contributed by atoms with Gasteiger partial charge in [-0.1, -0.05) is 0 Å². The molecule has 294 valence electrons. The number of halogens is 12. The number of hydrogen-bond donors (Lipinski definition) is 1.